The summed E-state index contributed by atoms with van der Waals surface area (Å²) in [5, 5.41) is 20.4. The van der Waals surface area contributed by atoms with Crippen molar-refractivity contribution in [2.75, 3.05) is 13.2 Å². The highest BCUT2D eigenvalue weighted by Crippen LogP contribution is 2.16. The molecule has 0 unspecified atom stereocenters. The summed E-state index contributed by atoms with van der Waals surface area (Å²) in [6, 6.07) is 16.2. The third kappa shape index (κ3) is 4.83. The van der Waals surface area contributed by atoms with Crippen molar-refractivity contribution in [2.45, 2.75) is 13.0 Å². The van der Waals surface area contributed by atoms with Gasteiger partial charge in [0.25, 0.3) is 5.91 Å². The van der Waals surface area contributed by atoms with E-state index in [1.807, 2.05) is 18.2 Å². The van der Waals surface area contributed by atoms with Crippen molar-refractivity contribution in [3.05, 3.63) is 65.2 Å². The number of rotatable bonds is 7. The summed E-state index contributed by atoms with van der Waals surface area (Å²) in [6.45, 7) is 0.793. The zero-order valence-corrected chi connectivity index (χ0v) is 12.7. The molecule has 2 aromatic rings. The highest BCUT2D eigenvalue weighted by atomic mass is 16.5. The summed E-state index contributed by atoms with van der Waals surface area (Å²) in [5.74, 6) is 0.449. The van der Waals surface area contributed by atoms with Crippen molar-refractivity contribution in [3.63, 3.8) is 0 Å². The van der Waals surface area contributed by atoms with E-state index >= 15 is 0 Å². The molecule has 0 atom stereocenters. The SMILES string of the molecule is N#Cc1ccccc1COc1ccc(C(=O)NCCCO)cc1. The fraction of sp³-hybridized carbons (Fsp3) is 0.222. The number of carbonyl (C=O) groups is 1. The van der Waals surface area contributed by atoms with Crippen molar-refractivity contribution in [3.8, 4) is 11.8 Å². The van der Waals surface area contributed by atoms with Crippen LogP contribution in [-0.4, -0.2) is 24.2 Å². The Bertz CT molecular complexity index is 690. The molecule has 0 radical (unpaired) electrons. The number of aliphatic hydroxyl groups is 1. The molecule has 2 rings (SSSR count). The lowest BCUT2D eigenvalue weighted by atomic mass is 10.1. The number of aliphatic hydroxyl groups excluding tert-OH is 1. The number of ether oxygens (including phenoxy) is 1. The Morgan fingerprint density at radius 1 is 1.17 bits per heavy atom. The van der Waals surface area contributed by atoms with Crippen LogP contribution in [0, 0.1) is 11.3 Å². The van der Waals surface area contributed by atoms with E-state index in [1.54, 1.807) is 30.3 Å². The summed E-state index contributed by atoms with van der Waals surface area (Å²) < 4.78 is 5.65. The van der Waals surface area contributed by atoms with Crippen LogP contribution in [0.1, 0.15) is 27.9 Å². The molecule has 118 valence electrons. The van der Waals surface area contributed by atoms with Crippen LogP contribution in [0.5, 0.6) is 5.75 Å². The van der Waals surface area contributed by atoms with Crippen LogP contribution in [-0.2, 0) is 6.61 Å². The van der Waals surface area contributed by atoms with E-state index in [9.17, 15) is 4.79 Å². The summed E-state index contributed by atoms with van der Waals surface area (Å²) in [5.41, 5.74) is 1.95. The van der Waals surface area contributed by atoms with Crippen LogP contribution in [0.4, 0.5) is 0 Å². The number of amides is 1. The van der Waals surface area contributed by atoms with Gasteiger partial charge in [-0.1, -0.05) is 18.2 Å². The van der Waals surface area contributed by atoms with Crippen LogP contribution < -0.4 is 10.1 Å². The Morgan fingerprint density at radius 3 is 2.61 bits per heavy atom. The second-order valence-corrected chi connectivity index (χ2v) is 4.92. The third-order valence-corrected chi connectivity index (χ3v) is 3.27. The molecular formula is C18H18N2O3. The molecule has 23 heavy (non-hydrogen) atoms. The van der Waals surface area contributed by atoms with Crippen LogP contribution in [0.2, 0.25) is 0 Å². The average molecular weight is 310 g/mol. The highest BCUT2D eigenvalue weighted by molar-refractivity contribution is 5.94. The van der Waals surface area contributed by atoms with Gasteiger partial charge in [0.05, 0.1) is 11.6 Å². The molecule has 1 amide bonds. The molecule has 0 aromatic heterocycles. The lowest BCUT2D eigenvalue weighted by Gasteiger charge is -2.09. The summed E-state index contributed by atoms with van der Waals surface area (Å²) in [7, 11) is 0. The Balaban J connectivity index is 1.92. The van der Waals surface area contributed by atoms with Crippen molar-refractivity contribution in [1.82, 2.24) is 5.32 Å². The molecule has 0 saturated heterocycles. The standard InChI is InChI=1S/C18H18N2O3/c19-12-15-4-1-2-5-16(15)13-23-17-8-6-14(7-9-17)18(22)20-10-3-11-21/h1-2,4-9,21H,3,10-11,13H2,(H,20,22). The fourth-order valence-corrected chi connectivity index (χ4v) is 2.00. The molecule has 0 spiro atoms. The van der Waals surface area contributed by atoms with Gasteiger partial charge >= 0.3 is 0 Å². The van der Waals surface area contributed by atoms with Gasteiger partial charge in [0.1, 0.15) is 12.4 Å². The fourth-order valence-electron chi connectivity index (χ4n) is 2.00. The molecule has 5 heteroatoms. The van der Waals surface area contributed by atoms with Crippen LogP contribution in [0.15, 0.2) is 48.5 Å². The molecule has 0 aliphatic heterocycles. The normalized spacial score (nSPS) is 9.91. The van der Waals surface area contributed by atoms with Gasteiger partial charge in [-0.05, 0) is 36.8 Å². The lowest BCUT2D eigenvalue weighted by Crippen LogP contribution is -2.24. The van der Waals surface area contributed by atoms with E-state index in [-0.39, 0.29) is 12.5 Å². The number of nitrogens with zero attached hydrogens (tertiary/aromatic N) is 1. The molecule has 0 aliphatic carbocycles. The summed E-state index contributed by atoms with van der Waals surface area (Å²) in [4.78, 5) is 11.8. The number of nitrogens with one attached hydrogen (secondary N) is 1. The van der Waals surface area contributed by atoms with Gasteiger partial charge in [0, 0.05) is 24.3 Å². The molecule has 0 saturated carbocycles. The highest BCUT2D eigenvalue weighted by Gasteiger charge is 2.06. The van der Waals surface area contributed by atoms with Crippen LogP contribution in [0.25, 0.3) is 0 Å². The van der Waals surface area contributed by atoms with Crippen LogP contribution in [0.3, 0.4) is 0 Å². The van der Waals surface area contributed by atoms with Gasteiger partial charge in [-0.15, -0.1) is 0 Å². The number of hydrogen-bond donors (Lipinski definition) is 2. The molecular weight excluding hydrogens is 292 g/mol. The first-order valence-electron chi connectivity index (χ1n) is 7.34. The third-order valence-electron chi connectivity index (χ3n) is 3.27. The summed E-state index contributed by atoms with van der Waals surface area (Å²) in [6.07, 6.45) is 0.533. The van der Waals surface area contributed by atoms with Gasteiger partial charge in [-0.2, -0.15) is 5.26 Å². The van der Waals surface area contributed by atoms with Crippen molar-refractivity contribution in [2.24, 2.45) is 0 Å². The molecule has 0 fully saturated rings. The minimum atomic E-state index is -0.181. The minimum absolute atomic E-state index is 0.0528. The second kappa shape index (κ2) is 8.57. The number of nitriles is 1. The van der Waals surface area contributed by atoms with Gasteiger partial charge in [0.2, 0.25) is 0 Å². The molecule has 2 aromatic carbocycles. The number of benzene rings is 2. The molecule has 0 bridgehead atoms. The molecule has 0 aliphatic rings. The maximum Gasteiger partial charge on any atom is 0.251 e. The average Bonchev–Trinajstić information content (AvgIpc) is 2.60. The number of hydrogen-bond acceptors (Lipinski definition) is 4. The van der Waals surface area contributed by atoms with E-state index in [0.717, 1.165) is 5.56 Å². The number of carbonyl (C=O) groups excluding carboxylic acids is 1. The largest absolute Gasteiger partial charge is 0.489 e. The Hall–Kier alpha value is -2.84. The molecule has 5 nitrogen and oxygen atoms in total. The molecule has 2 N–H and O–H groups in total. The van der Waals surface area contributed by atoms with E-state index in [2.05, 4.69) is 11.4 Å². The zero-order valence-electron chi connectivity index (χ0n) is 12.7. The van der Waals surface area contributed by atoms with E-state index in [4.69, 9.17) is 15.1 Å². The Labute approximate surface area is 135 Å². The van der Waals surface area contributed by atoms with Gasteiger partial charge in [-0.3, -0.25) is 4.79 Å². The zero-order chi connectivity index (χ0) is 16.5. The van der Waals surface area contributed by atoms with Crippen molar-refractivity contribution >= 4 is 5.91 Å². The van der Waals surface area contributed by atoms with Crippen LogP contribution >= 0.6 is 0 Å². The van der Waals surface area contributed by atoms with Crippen molar-refractivity contribution < 1.29 is 14.6 Å². The first-order valence-corrected chi connectivity index (χ1v) is 7.34. The quantitative estimate of drug-likeness (QED) is 0.768. The topological polar surface area (TPSA) is 82.3 Å². The predicted molar refractivity (Wildman–Crippen MR) is 86.0 cm³/mol. The Kier molecular flexibility index (Phi) is 6.16. The Morgan fingerprint density at radius 2 is 1.91 bits per heavy atom. The maximum absolute atomic E-state index is 11.8. The first-order chi connectivity index (χ1) is 11.2. The van der Waals surface area contributed by atoms with E-state index < -0.39 is 0 Å². The summed E-state index contributed by atoms with van der Waals surface area (Å²) >= 11 is 0. The van der Waals surface area contributed by atoms with Gasteiger partial charge < -0.3 is 15.2 Å². The smallest absolute Gasteiger partial charge is 0.251 e. The van der Waals surface area contributed by atoms with E-state index in [1.165, 1.54) is 0 Å². The van der Waals surface area contributed by atoms with Gasteiger partial charge in [-0.25, -0.2) is 0 Å². The maximum atomic E-state index is 11.8. The first kappa shape index (κ1) is 16.5. The van der Waals surface area contributed by atoms with E-state index in [0.29, 0.717) is 36.4 Å². The lowest BCUT2D eigenvalue weighted by molar-refractivity contribution is 0.0951. The molecule has 0 heterocycles. The minimum Gasteiger partial charge on any atom is -0.489 e. The predicted octanol–water partition coefficient (Wildman–Crippen LogP) is 2.25. The van der Waals surface area contributed by atoms with Crippen molar-refractivity contribution in [1.29, 1.82) is 5.26 Å². The van der Waals surface area contributed by atoms with Gasteiger partial charge in [0.15, 0.2) is 0 Å². The monoisotopic (exact) mass is 310 g/mol. The second-order valence-electron chi connectivity index (χ2n) is 4.92.